The molecule has 0 fully saturated rings. The van der Waals surface area contributed by atoms with Crippen LogP contribution in [0.5, 0.6) is 5.75 Å². The van der Waals surface area contributed by atoms with Crippen LogP contribution in [0.1, 0.15) is 15.9 Å². The summed E-state index contributed by atoms with van der Waals surface area (Å²) in [6, 6.07) is 10.4. The van der Waals surface area contributed by atoms with Crippen LogP contribution in [0.25, 0.3) is 0 Å². The number of phenols is 1. The van der Waals surface area contributed by atoms with Gasteiger partial charge in [-0.3, -0.25) is 19.2 Å². The standard InChI is InChI=1S/C19H18N4O7/c24-15-6-5-13(8-14(15)19(30)21-10-18(28)29)23-22-12-3-1-11(2-4-12)7-16(25)20-9-17(26)27/h1-6,8,24H,7,9-10H2,(H,20,25)(H,21,30)(H,26,27)(H,28,29). The fourth-order valence-corrected chi connectivity index (χ4v) is 2.24. The average Bonchev–Trinajstić information content (AvgIpc) is 2.71. The molecule has 2 rings (SSSR count). The van der Waals surface area contributed by atoms with Gasteiger partial charge >= 0.3 is 11.9 Å². The Morgan fingerprint density at radius 2 is 1.37 bits per heavy atom. The van der Waals surface area contributed by atoms with Crippen molar-refractivity contribution in [1.29, 1.82) is 0 Å². The van der Waals surface area contributed by atoms with Crippen molar-refractivity contribution in [3.8, 4) is 5.75 Å². The molecule has 0 radical (unpaired) electrons. The van der Waals surface area contributed by atoms with Gasteiger partial charge in [-0.25, -0.2) is 0 Å². The zero-order chi connectivity index (χ0) is 22.1. The number of carbonyl (C=O) groups excluding carboxylic acids is 2. The number of benzene rings is 2. The number of azo groups is 1. The Morgan fingerprint density at radius 3 is 2.00 bits per heavy atom. The van der Waals surface area contributed by atoms with Crippen LogP contribution in [0, 0.1) is 0 Å². The zero-order valence-electron chi connectivity index (χ0n) is 15.5. The third-order valence-electron chi connectivity index (χ3n) is 3.64. The number of aliphatic carboxylic acids is 2. The van der Waals surface area contributed by atoms with E-state index in [9.17, 15) is 24.3 Å². The molecule has 0 aliphatic heterocycles. The highest BCUT2D eigenvalue weighted by Gasteiger charge is 2.13. The van der Waals surface area contributed by atoms with Gasteiger partial charge in [0, 0.05) is 0 Å². The number of hydrogen-bond acceptors (Lipinski definition) is 7. The molecule has 5 N–H and O–H groups in total. The molecule has 0 aliphatic rings. The Balaban J connectivity index is 2.02. The fourth-order valence-electron chi connectivity index (χ4n) is 2.24. The monoisotopic (exact) mass is 414 g/mol. The molecule has 0 saturated carbocycles. The minimum absolute atomic E-state index is 0.0114. The van der Waals surface area contributed by atoms with E-state index in [1.165, 1.54) is 18.2 Å². The number of hydrogen-bond donors (Lipinski definition) is 5. The summed E-state index contributed by atoms with van der Waals surface area (Å²) in [5, 5.41) is 39.3. The van der Waals surface area contributed by atoms with Crippen LogP contribution in [0.4, 0.5) is 11.4 Å². The lowest BCUT2D eigenvalue weighted by Gasteiger charge is -2.05. The van der Waals surface area contributed by atoms with E-state index in [2.05, 4.69) is 20.9 Å². The normalized spacial score (nSPS) is 10.5. The Bertz CT molecular complexity index is 987. The molecular weight excluding hydrogens is 396 g/mol. The van der Waals surface area contributed by atoms with Crippen LogP contribution in [-0.4, -0.2) is 52.2 Å². The van der Waals surface area contributed by atoms with Crippen molar-refractivity contribution in [2.75, 3.05) is 13.1 Å². The predicted octanol–water partition coefficient (Wildman–Crippen LogP) is 1.37. The van der Waals surface area contributed by atoms with E-state index in [0.29, 0.717) is 11.3 Å². The number of aromatic hydroxyl groups is 1. The highest BCUT2D eigenvalue weighted by atomic mass is 16.4. The minimum Gasteiger partial charge on any atom is -0.507 e. The Kier molecular flexibility index (Phi) is 7.57. The van der Waals surface area contributed by atoms with E-state index in [1.54, 1.807) is 24.3 Å². The van der Waals surface area contributed by atoms with E-state index in [1.807, 2.05) is 0 Å². The number of phenolic OH excluding ortho intramolecular Hbond substituents is 1. The lowest BCUT2D eigenvalue weighted by Crippen LogP contribution is -2.30. The van der Waals surface area contributed by atoms with Gasteiger partial charge in [0.15, 0.2) is 0 Å². The molecule has 11 nitrogen and oxygen atoms in total. The van der Waals surface area contributed by atoms with Crippen molar-refractivity contribution in [2.45, 2.75) is 6.42 Å². The maximum Gasteiger partial charge on any atom is 0.322 e. The summed E-state index contributed by atoms with van der Waals surface area (Å²) in [6.07, 6.45) is 0.0114. The lowest BCUT2D eigenvalue weighted by molar-refractivity contribution is -0.138. The van der Waals surface area contributed by atoms with E-state index in [0.717, 1.165) is 0 Å². The maximum absolute atomic E-state index is 11.9. The minimum atomic E-state index is -1.22. The second-order valence-corrected chi connectivity index (χ2v) is 5.99. The topological polar surface area (TPSA) is 178 Å². The van der Waals surface area contributed by atoms with Crippen LogP contribution >= 0.6 is 0 Å². The lowest BCUT2D eigenvalue weighted by atomic mass is 10.1. The highest BCUT2D eigenvalue weighted by Crippen LogP contribution is 2.25. The molecule has 11 heteroatoms. The summed E-state index contributed by atoms with van der Waals surface area (Å²) in [5.41, 5.74) is 1.22. The number of rotatable bonds is 9. The van der Waals surface area contributed by atoms with Gasteiger partial charge in [0.2, 0.25) is 5.91 Å². The molecule has 0 heterocycles. The second kappa shape index (κ2) is 10.3. The van der Waals surface area contributed by atoms with Gasteiger partial charge in [-0.05, 0) is 35.9 Å². The summed E-state index contributed by atoms with van der Waals surface area (Å²) in [4.78, 5) is 44.5. The van der Waals surface area contributed by atoms with Gasteiger partial charge in [0.05, 0.1) is 23.4 Å². The molecule has 0 aliphatic carbocycles. The van der Waals surface area contributed by atoms with E-state index in [4.69, 9.17) is 10.2 Å². The molecule has 156 valence electrons. The molecule has 30 heavy (non-hydrogen) atoms. The molecule has 0 atom stereocenters. The van der Waals surface area contributed by atoms with Crippen molar-refractivity contribution >= 4 is 35.1 Å². The number of carboxylic acids is 2. The van der Waals surface area contributed by atoms with Crippen LogP contribution in [0.15, 0.2) is 52.7 Å². The fraction of sp³-hybridized carbons (Fsp3) is 0.158. The Morgan fingerprint density at radius 1 is 0.800 bits per heavy atom. The Labute approximate surface area is 170 Å². The predicted molar refractivity (Wildman–Crippen MR) is 103 cm³/mol. The first-order valence-corrected chi connectivity index (χ1v) is 8.57. The number of amides is 2. The summed E-state index contributed by atoms with van der Waals surface area (Å²) in [5.74, 6) is -3.87. The van der Waals surface area contributed by atoms with Gasteiger partial charge in [-0.15, -0.1) is 0 Å². The molecule has 2 aromatic carbocycles. The quantitative estimate of drug-likeness (QED) is 0.384. The third-order valence-corrected chi connectivity index (χ3v) is 3.64. The molecule has 0 unspecified atom stereocenters. The van der Waals surface area contributed by atoms with E-state index >= 15 is 0 Å². The molecule has 0 aromatic heterocycles. The van der Waals surface area contributed by atoms with Gasteiger partial charge in [-0.1, -0.05) is 12.1 Å². The first-order valence-electron chi connectivity index (χ1n) is 8.57. The second-order valence-electron chi connectivity index (χ2n) is 5.99. The number of carbonyl (C=O) groups is 4. The van der Waals surface area contributed by atoms with E-state index in [-0.39, 0.29) is 23.4 Å². The molecular formula is C19H18N4O7. The van der Waals surface area contributed by atoms with Crippen LogP contribution in [-0.2, 0) is 20.8 Å². The number of carboxylic acid groups (broad SMARTS) is 2. The molecule has 0 bridgehead atoms. The largest absolute Gasteiger partial charge is 0.507 e. The van der Waals surface area contributed by atoms with Crippen molar-refractivity contribution in [1.82, 2.24) is 10.6 Å². The van der Waals surface area contributed by atoms with Crippen LogP contribution in [0.3, 0.4) is 0 Å². The first kappa shape index (κ1) is 22.0. The molecule has 2 amide bonds. The zero-order valence-corrected chi connectivity index (χ0v) is 15.5. The van der Waals surface area contributed by atoms with Gasteiger partial charge < -0.3 is 26.0 Å². The average molecular weight is 414 g/mol. The maximum atomic E-state index is 11.9. The summed E-state index contributed by atoms with van der Waals surface area (Å²) in [7, 11) is 0. The number of nitrogens with zero attached hydrogens (tertiary/aromatic N) is 2. The molecule has 0 saturated heterocycles. The molecule has 0 spiro atoms. The van der Waals surface area contributed by atoms with Crippen LogP contribution < -0.4 is 10.6 Å². The van der Waals surface area contributed by atoms with Gasteiger partial charge in [0.1, 0.15) is 18.8 Å². The van der Waals surface area contributed by atoms with Crippen LogP contribution in [0.2, 0.25) is 0 Å². The summed E-state index contributed by atoms with van der Waals surface area (Å²) < 4.78 is 0. The first-order chi connectivity index (χ1) is 14.2. The SMILES string of the molecule is O=C(O)CNC(=O)Cc1ccc(N=Nc2ccc(O)c(C(=O)NCC(=O)O)c2)cc1. The Hall–Kier alpha value is -4.28. The van der Waals surface area contributed by atoms with Gasteiger partial charge in [-0.2, -0.15) is 10.2 Å². The van der Waals surface area contributed by atoms with Crippen molar-refractivity contribution < 1.29 is 34.5 Å². The van der Waals surface area contributed by atoms with E-state index < -0.39 is 36.8 Å². The summed E-state index contributed by atoms with van der Waals surface area (Å²) in [6.45, 7) is -1.04. The summed E-state index contributed by atoms with van der Waals surface area (Å²) >= 11 is 0. The van der Waals surface area contributed by atoms with Crippen molar-refractivity contribution in [2.24, 2.45) is 10.2 Å². The van der Waals surface area contributed by atoms with Crippen molar-refractivity contribution in [3.63, 3.8) is 0 Å². The smallest absolute Gasteiger partial charge is 0.322 e. The number of nitrogens with one attached hydrogen (secondary N) is 2. The van der Waals surface area contributed by atoms with Gasteiger partial charge in [0.25, 0.3) is 5.91 Å². The third kappa shape index (κ3) is 7.03. The van der Waals surface area contributed by atoms with Crippen molar-refractivity contribution in [3.05, 3.63) is 53.6 Å². The highest BCUT2D eigenvalue weighted by molar-refractivity contribution is 5.98. The molecule has 2 aromatic rings.